The number of rotatable bonds is 6. The Bertz CT molecular complexity index is 695. The van der Waals surface area contributed by atoms with E-state index in [0.717, 1.165) is 6.07 Å². The highest BCUT2D eigenvalue weighted by Gasteiger charge is 2.34. The van der Waals surface area contributed by atoms with Gasteiger partial charge in [0.2, 0.25) is 0 Å². The van der Waals surface area contributed by atoms with E-state index in [0.29, 0.717) is 5.13 Å². The summed E-state index contributed by atoms with van der Waals surface area (Å²) in [7, 11) is 1.44. The number of nitrogens with one attached hydrogen (secondary N) is 1. The highest BCUT2D eigenvalue weighted by Crippen LogP contribution is 2.35. The van der Waals surface area contributed by atoms with Gasteiger partial charge in [0.05, 0.1) is 12.1 Å². The van der Waals surface area contributed by atoms with E-state index in [1.807, 2.05) is 0 Å². The van der Waals surface area contributed by atoms with E-state index in [1.165, 1.54) is 47.7 Å². The zero-order valence-corrected chi connectivity index (χ0v) is 14.0. The van der Waals surface area contributed by atoms with Crippen LogP contribution in [0.1, 0.15) is 5.56 Å². The van der Waals surface area contributed by atoms with Gasteiger partial charge in [0, 0.05) is 18.6 Å². The number of anilines is 1. The Morgan fingerprint density at radius 2 is 2.16 bits per heavy atom. The predicted octanol–water partition coefficient (Wildman–Crippen LogP) is 3.07. The number of aliphatic hydroxyl groups is 1. The molecule has 0 aliphatic rings. The maximum atomic E-state index is 12.9. The first-order valence-corrected chi connectivity index (χ1v) is 8.04. The molecular formula is C15H16F3N3O3S. The van der Waals surface area contributed by atoms with Crippen LogP contribution >= 0.6 is 11.3 Å². The maximum absolute atomic E-state index is 12.9. The van der Waals surface area contributed by atoms with Crippen LogP contribution in [0, 0.1) is 0 Å². The Labute approximate surface area is 145 Å². The maximum Gasteiger partial charge on any atom is 0.419 e. The smallest absolute Gasteiger partial charge is 0.419 e. The number of ether oxygens (including phenoxy) is 1. The number of para-hydroxylation sites is 1. The predicted molar refractivity (Wildman–Crippen MR) is 86.7 cm³/mol. The molecule has 0 saturated heterocycles. The Balaban J connectivity index is 1.86. The molecule has 0 spiro atoms. The average molecular weight is 375 g/mol. The van der Waals surface area contributed by atoms with Crippen molar-refractivity contribution in [2.75, 3.05) is 25.5 Å². The molecule has 6 nitrogen and oxygen atoms in total. The van der Waals surface area contributed by atoms with Crippen molar-refractivity contribution in [2.24, 2.45) is 0 Å². The molecule has 0 bridgehead atoms. The lowest BCUT2D eigenvalue weighted by Gasteiger charge is -2.21. The summed E-state index contributed by atoms with van der Waals surface area (Å²) in [5.74, 6) is -0.371. The van der Waals surface area contributed by atoms with Gasteiger partial charge in [0.25, 0.3) is 0 Å². The summed E-state index contributed by atoms with van der Waals surface area (Å²) in [6.45, 7) is -0.507. The van der Waals surface area contributed by atoms with Gasteiger partial charge in [-0.05, 0) is 12.1 Å². The Hall–Kier alpha value is -2.33. The van der Waals surface area contributed by atoms with Crippen molar-refractivity contribution < 1.29 is 27.8 Å². The SMILES string of the molecule is CN(C[C@@H](O)COc1ccccc1C(F)(F)F)C(=O)Nc1nccs1. The largest absolute Gasteiger partial charge is 0.490 e. The van der Waals surface area contributed by atoms with Crippen LogP contribution < -0.4 is 10.1 Å². The minimum atomic E-state index is -4.55. The normalized spacial score (nSPS) is 12.5. The summed E-state index contributed by atoms with van der Waals surface area (Å²) in [5, 5.41) is 14.5. The summed E-state index contributed by atoms with van der Waals surface area (Å²) in [5.41, 5.74) is -0.919. The molecule has 2 N–H and O–H groups in total. The molecule has 1 aromatic heterocycles. The second-order valence-electron chi connectivity index (χ2n) is 5.11. The van der Waals surface area contributed by atoms with E-state index in [4.69, 9.17) is 4.74 Å². The molecule has 0 aliphatic carbocycles. The summed E-state index contributed by atoms with van der Waals surface area (Å²) >= 11 is 1.24. The number of thiazole rings is 1. The highest BCUT2D eigenvalue weighted by atomic mass is 32.1. The minimum Gasteiger partial charge on any atom is -0.490 e. The van der Waals surface area contributed by atoms with Crippen molar-refractivity contribution in [1.82, 2.24) is 9.88 Å². The second kappa shape index (κ2) is 8.17. The molecule has 0 radical (unpaired) electrons. The van der Waals surface area contributed by atoms with E-state index >= 15 is 0 Å². The number of benzene rings is 1. The summed E-state index contributed by atoms with van der Waals surface area (Å²) in [6.07, 6.45) is -4.18. The zero-order valence-electron chi connectivity index (χ0n) is 13.2. The number of amides is 2. The third kappa shape index (κ3) is 5.61. The third-order valence-corrected chi connectivity index (χ3v) is 3.79. The number of nitrogens with zero attached hydrogens (tertiary/aromatic N) is 2. The molecule has 25 heavy (non-hydrogen) atoms. The number of urea groups is 1. The molecule has 1 heterocycles. The Kier molecular flexibility index (Phi) is 6.21. The van der Waals surface area contributed by atoms with Crippen LogP contribution in [0.15, 0.2) is 35.8 Å². The van der Waals surface area contributed by atoms with Crippen LogP contribution in [-0.4, -0.2) is 47.3 Å². The lowest BCUT2D eigenvalue weighted by Crippen LogP contribution is -2.39. The lowest BCUT2D eigenvalue weighted by molar-refractivity contribution is -0.139. The number of carbonyl (C=O) groups excluding carboxylic acids is 1. The van der Waals surface area contributed by atoms with E-state index in [2.05, 4.69) is 10.3 Å². The molecule has 1 aromatic carbocycles. The minimum absolute atomic E-state index is 0.120. The molecule has 0 aliphatic heterocycles. The second-order valence-corrected chi connectivity index (χ2v) is 6.00. The summed E-state index contributed by atoms with van der Waals surface area (Å²) in [4.78, 5) is 17.0. The van der Waals surface area contributed by atoms with Gasteiger partial charge in [0.1, 0.15) is 18.5 Å². The molecule has 2 rings (SSSR count). The number of aromatic nitrogens is 1. The van der Waals surface area contributed by atoms with Crippen molar-refractivity contribution in [3.8, 4) is 5.75 Å². The standard InChI is InChI=1S/C15H16F3N3O3S/c1-21(14(23)20-13-19-6-7-25-13)8-10(22)9-24-12-5-3-2-4-11(12)15(16,17)18/h2-7,10,22H,8-9H2,1H3,(H,19,20,23)/t10-/m1/s1. The molecule has 0 fully saturated rings. The fraction of sp³-hybridized carbons (Fsp3) is 0.333. The number of carbonyl (C=O) groups is 1. The zero-order chi connectivity index (χ0) is 18.4. The molecule has 2 amide bonds. The average Bonchev–Trinajstić information content (AvgIpc) is 3.05. The van der Waals surface area contributed by atoms with Crippen LogP contribution in [0.25, 0.3) is 0 Å². The number of halogens is 3. The van der Waals surface area contributed by atoms with Gasteiger partial charge in [0.15, 0.2) is 5.13 Å². The van der Waals surface area contributed by atoms with Crippen LogP contribution in [-0.2, 0) is 6.18 Å². The molecule has 1 atom stereocenters. The monoisotopic (exact) mass is 375 g/mol. The first-order chi connectivity index (χ1) is 11.8. The number of alkyl halides is 3. The van der Waals surface area contributed by atoms with Crippen LogP contribution in [0.3, 0.4) is 0 Å². The van der Waals surface area contributed by atoms with Gasteiger partial charge < -0.3 is 14.7 Å². The summed E-state index contributed by atoms with van der Waals surface area (Å²) < 4.78 is 43.7. The Morgan fingerprint density at radius 1 is 1.44 bits per heavy atom. The van der Waals surface area contributed by atoms with Gasteiger partial charge in [-0.15, -0.1) is 11.3 Å². The number of likely N-dealkylation sites (N-methyl/N-ethyl adjacent to an activating group) is 1. The van der Waals surface area contributed by atoms with Crippen LogP contribution in [0.5, 0.6) is 5.75 Å². The van der Waals surface area contributed by atoms with Gasteiger partial charge >= 0.3 is 12.2 Å². The van der Waals surface area contributed by atoms with E-state index in [-0.39, 0.29) is 18.9 Å². The molecule has 10 heteroatoms. The molecule has 0 saturated carbocycles. The topological polar surface area (TPSA) is 74.7 Å². The number of hydrogen-bond donors (Lipinski definition) is 2. The van der Waals surface area contributed by atoms with Crippen molar-refractivity contribution in [1.29, 1.82) is 0 Å². The van der Waals surface area contributed by atoms with Gasteiger partial charge in [-0.2, -0.15) is 13.2 Å². The number of aliphatic hydroxyl groups excluding tert-OH is 1. The molecule has 2 aromatic rings. The quantitative estimate of drug-likeness (QED) is 0.814. The first-order valence-electron chi connectivity index (χ1n) is 7.16. The van der Waals surface area contributed by atoms with Crippen molar-refractivity contribution in [3.63, 3.8) is 0 Å². The van der Waals surface area contributed by atoms with Crippen molar-refractivity contribution in [2.45, 2.75) is 12.3 Å². The van der Waals surface area contributed by atoms with E-state index in [9.17, 15) is 23.1 Å². The van der Waals surface area contributed by atoms with Crippen LogP contribution in [0.2, 0.25) is 0 Å². The van der Waals surface area contributed by atoms with Crippen molar-refractivity contribution in [3.05, 3.63) is 41.4 Å². The Morgan fingerprint density at radius 3 is 2.80 bits per heavy atom. The first kappa shape index (κ1) is 19.0. The van der Waals surface area contributed by atoms with E-state index in [1.54, 1.807) is 5.38 Å². The van der Waals surface area contributed by atoms with Crippen LogP contribution in [0.4, 0.5) is 23.1 Å². The van der Waals surface area contributed by atoms with Gasteiger partial charge in [-0.1, -0.05) is 12.1 Å². The van der Waals surface area contributed by atoms with E-state index < -0.39 is 23.9 Å². The fourth-order valence-electron chi connectivity index (χ4n) is 1.94. The van der Waals surface area contributed by atoms with Crippen molar-refractivity contribution >= 4 is 22.5 Å². The summed E-state index contributed by atoms with van der Waals surface area (Å²) in [6, 6.07) is 4.24. The third-order valence-electron chi connectivity index (χ3n) is 3.10. The fourth-order valence-corrected chi connectivity index (χ4v) is 2.46. The lowest BCUT2D eigenvalue weighted by atomic mass is 10.2. The molecular weight excluding hydrogens is 359 g/mol. The molecule has 136 valence electrons. The molecule has 0 unspecified atom stereocenters. The number of hydrogen-bond acceptors (Lipinski definition) is 5. The van der Waals surface area contributed by atoms with Gasteiger partial charge in [-0.3, -0.25) is 5.32 Å². The van der Waals surface area contributed by atoms with Gasteiger partial charge in [-0.25, -0.2) is 9.78 Å². The highest BCUT2D eigenvalue weighted by molar-refractivity contribution is 7.13.